The second-order valence-corrected chi connectivity index (χ2v) is 5.42. The first-order valence-corrected chi connectivity index (χ1v) is 7.55. The van der Waals surface area contributed by atoms with Crippen LogP contribution >= 0.6 is 0 Å². The van der Waals surface area contributed by atoms with Crippen LogP contribution in [0, 0.1) is 11.6 Å². The standard InChI is InChI=1S/C16H23F2NO/c1-2-19-15-7-5-3-4-6-8-16(15)20-14-10-12(17)9-13(18)11-14/h9-11,15-16,19H,2-8H2,1H3. The van der Waals surface area contributed by atoms with Crippen molar-refractivity contribution in [3.63, 3.8) is 0 Å². The maximum Gasteiger partial charge on any atom is 0.129 e. The Kier molecular flexibility index (Phi) is 5.77. The molecule has 20 heavy (non-hydrogen) atoms. The molecule has 1 saturated carbocycles. The number of rotatable bonds is 4. The monoisotopic (exact) mass is 283 g/mol. The summed E-state index contributed by atoms with van der Waals surface area (Å²) in [4.78, 5) is 0. The van der Waals surface area contributed by atoms with Gasteiger partial charge >= 0.3 is 0 Å². The van der Waals surface area contributed by atoms with Gasteiger partial charge in [-0.2, -0.15) is 0 Å². The molecule has 2 atom stereocenters. The van der Waals surface area contributed by atoms with Crippen molar-refractivity contribution in [3.8, 4) is 5.75 Å². The summed E-state index contributed by atoms with van der Waals surface area (Å²) in [5.74, 6) is -0.896. The van der Waals surface area contributed by atoms with Gasteiger partial charge < -0.3 is 10.1 Å². The summed E-state index contributed by atoms with van der Waals surface area (Å²) in [6.45, 7) is 2.94. The number of benzene rings is 1. The first-order valence-electron chi connectivity index (χ1n) is 7.55. The molecule has 0 bridgehead atoms. The number of halogens is 2. The lowest BCUT2D eigenvalue weighted by molar-refractivity contribution is 0.127. The Morgan fingerprint density at radius 2 is 1.70 bits per heavy atom. The molecule has 1 fully saturated rings. The summed E-state index contributed by atoms with van der Waals surface area (Å²) < 4.78 is 32.3. The Morgan fingerprint density at radius 3 is 2.35 bits per heavy atom. The molecule has 1 N–H and O–H groups in total. The van der Waals surface area contributed by atoms with Crippen molar-refractivity contribution < 1.29 is 13.5 Å². The predicted molar refractivity (Wildman–Crippen MR) is 75.9 cm³/mol. The molecule has 1 aromatic carbocycles. The van der Waals surface area contributed by atoms with E-state index in [2.05, 4.69) is 12.2 Å². The average molecular weight is 283 g/mol. The van der Waals surface area contributed by atoms with E-state index < -0.39 is 11.6 Å². The zero-order chi connectivity index (χ0) is 14.4. The molecule has 0 amide bonds. The van der Waals surface area contributed by atoms with Crippen molar-refractivity contribution in [2.75, 3.05) is 6.54 Å². The lowest BCUT2D eigenvalue weighted by atomic mass is 9.94. The van der Waals surface area contributed by atoms with Gasteiger partial charge in [0.1, 0.15) is 23.5 Å². The second kappa shape index (κ2) is 7.58. The summed E-state index contributed by atoms with van der Waals surface area (Å²) in [6, 6.07) is 3.63. The molecule has 112 valence electrons. The number of hydrogen-bond acceptors (Lipinski definition) is 2. The third kappa shape index (κ3) is 4.44. The highest BCUT2D eigenvalue weighted by molar-refractivity contribution is 5.24. The van der Waals surface area contributed by atoms with Gasteiger partial charge in [0.15, 0.2) is 0 Å². The summed E-state index contributed by atoms with van der Waals surface area (Å²) in [7, 11) is 0. The molecule has 2 unspecified atom stereocenters. The van der Waals surface area contributed by atoms with E-state index in [0.29, 0.717) is 0 Å². The van der Waals surface area contributed by atoms with Gasteiger partial charge in [0.25, 0.3) is 0 Å². The lowest BCUT2D eigenvalue weighted by Crippen LogP contribution is -2.43. The van der Waals surface area contributed by atoms with Gasteiger partial charge in [-0.15, -0.1) is 0 Å². The van der Waals surface area contributed by atoms with Crippen LogP contribution in [0.15, 0.2) is 18.2 Å². The Hall–Kier alpha value is -1.16. The zero-order valence-electron chi connectivity index (χ0n) is 12.0. The topological polar surface area (TPSA) is 21.3 Å². The van der Waals surface area contributed by atoms with E-state index in [-0.39, 0.29) is 17.9 Å². The Labute approximate surface area is 119 Å². The van der Waals surface area contributed by atoms with E-state index in [4.69, 9.17) is 4.74 Å². The van der Waals surface area contributed by atoms with E-state index >= 15 is 0 Å². The fourth-order valence-electron chi connectivity index (χ4n) is 2.86. The van der Waals surface area contributed by atoms with Crippen LogP contribution < -0.4 is 10.1 Å². The molecule has 4 heteroatoms. The highest BCUT2D eigenvalue weighted by Crippen LogP contribution is 2.24. The summed E-state index contributed by atoms with van der Waals surface area (Å²) >= 11 is 0. The van der Waals surface area contributed by atoms with Crippen LogP contribution in [0.4, 0.5) is 8.78 Å². The zero-order valence-corrected chi connectivity index (χ0v) is 12.0. The minimum Gasteiger partial charge on any atom is -0.489 e. The molecular weight excluding hydrogens is 260 g/mol. The van der Waals surface area contributed by atoms with E-state index in [1.807, 2.05) is 0 Å². The van der Waals surface area contributed by atoms with E-state index in [9.17, 15) is 8.78 Å². The van der Waals surface area contributed by atoms with Crippen molar-refractivity contribution in [2.24, 2.45) is 0 Å². The van der Waals surface area contributed by atoms with Gasteiger partial charge in [0.2, 0.25) is 0 Å². The van der Waals surface area contributed by atoms with Gasteiger partial charge in [-0.05, 0) is 25.8 Å². The predicted octanol–water partition coefficient (Wildman–Crippen LogP) is 4.04. The van der Waals surface area contributed by atoms with Crippen molar-refractivity contribution >= 4 is 0 Å². The molecule has 0 heterocycles. The average Bonchev–Trinajstić information content (AvgIpc) is 2.36. The Balaban J connectivity index is 2.08. The molecule has 2 nitrogen and oxygen atoms in total. The van der Waals surface area contributed by atoms with Gasteiger partial charge in [0, 0.05) is 24.2 Å². The number of nitrogens with one attached hydrogen (secondary N) is 1. The Morgan fingerprint density at radius 1 is 1.05 bits per heavy atom. The third-order valence-electron chi connectivity index (χ3n) is 3.79. The molecule has 1 aromatic rings. The van der Waals surface area contributed by atoms with Gasteiger partial charge in [-0.1, -0.05) is 26.2 Å². The summed E-state index contributed by atoms with van der Waals surface area (Å²) in [5.41, 5.74) is 0. The minimum atomic E-state index is -0.592. The molecule has 0 spiro atoms. The van der Waals surface area contributed by atoms with Crippen molar-refractivity contribution in [1.29, 1.82) is 0 Å². The van der Waals surface area contributed by atoms with Crippen LogP contribution in [0.1, 0.15) is 45.4 Å². The van der Waals surface area contributed by atoms with Crippen LogP contribution in [-0.2, 0) is 0 Å². The van der Waals surface area contributed by atoms with Crippen molar-refractivity contribution in [3.05, 3.63) is 29.8 Å². The molecule has 1 aliphatic carbocycles. The first-order chi connectivity index (χ1) is 9.69. The molecule has 2 rings (SSSR count). The molecule has 0 radical (unpaired) electrons. The number of ether oxygens (including phenoxy) is 1. The van der Waals surface area contributed by atoms with Crippen LogP contribution in [-0.4, -0.2) is 18.7 Å². The quantitative estimate of drug-likeness (QED) is 0.900. The van der Waals surface area contributed by atoms with Crippen molar-refractivity contribution in [2.45, 2.75) is 57.6 Å². The van der Waals surface area contributed by atoms with Crippen LogP contribution in [0.5, 0.6) is 5.75 Å². The number of hydrogen-bond donors (Lipinski definition) is 1. The maximum absolute atomic E-state index is 13.2. The van der Waals surface area contributed by atoms with Crippen LogP contribution in [0.3, 0.4) is 0 Å². The highest BCUT2D eigenvalue weighted by atomic mass is 19.1. The normalized spacial score (nSPS) is 23.9. The first kappa shape index (κ1) is 15.2. The second-order valence-electron chi connectivity index (χ2n) is 5.42. The van der Waals surface area contributed by atoms with Crippen LogP contribution in [0.2, 0.25) is 0 Å². The minimum absolute atomic E-state index is 0.0172. The molecular formula is C16H23F2NO. The summed E-state index contributed by atoms with van der Waals surface area (Å²) in [5, 5.41) is 3.44. The van der Waals surface area contributed by atoms with E-state index in [1.54, 1.807) is 0 Å². The van der Waals surface area contributed by atoms with Crippen molar-refractivity contribution in [1.82, 2.24) is 5.32 Å². The fraction of sp³-hybridized carbons (Fsp3) is 0.625. The van der Waals surface area contributed by atoms with Gasteiger partial charge in [0.05, 0.1) is 0 Å². The molecule has 0 aliphatic heterocycles. The van der Waals surface area contributed by atoms with Crippen LogP contribution in [0.25, 0.3) is 0 Å². The SMILES string of the molecule is CCNC1CCCCCCC1Oc1cc(F)cc(F)c1. The summed E-state index contributed by atoms with van der Waals surface area (Å²) in [6.07, 6.45) is 6.70. The highest BCUT2D eigenvalue weighted by Gasteiger charge is 2.24. The van der Waals surface area contributed by atoms with Gasteiger partial charge in [-0.25, -0.2) is 8.78 Å². The van der Waals surface area contributed by atoms with E-state index in [0.717, 1.165) is 31.9 Å². The fourth-order valence-corrected chi connectivity index (χ4v) is 2.86. The largest absolute Gasteiger partial charge is 0.489 e. The lowest BCUT2D eigenvalue weighted by Gasteiger charge is -2.30. The Bertz CT molecular complexity index is 405. The van der Waals surface area contributed by atoms with Gasteiger partial charge in [-0.3, -0.25) is 0 Å². The smallest absolute Gasteiger partial charge is 0.129 e. The molecule has 0 saturated heterocycles. The number of likely N-dealkylation sites (N-methyl/N-ethyl adjacent to an activating group) is 1. The molecule has 1 aliphatic rings. The third-order valence-corrected chi connectivity index (χ3v) is 3.79. The maximum atomic E-state index is 13.2. The molecule has 0 aromatic heterocycles. The van der Waals surface area contributed by atoms with E-state index in [1.165, 1.54) is 31.4 Å².